The minimum Gasteiger partial charge on any atom is -0.262 e. The highest BCUT2D eigenvalue weighted by atomic mass is 19.1. The third-order valence-corrected chi connectivity index (χ3v) is 2.56. The Balaban J connectivity index is 2.56. The number of hydrogen-bond acceptors (Lipinski definition) is 2. The molecule has 0 aliphatic rings. The summed E-state index contributed by atoms with van der Waals surface area (Å²) in [4.78, 5) is 4.10. The second-order valence-corrected chi connectivity index (χ2v) is 4.25. The minimum atomic E-state index is -0.651. The molecule has 1 N–H and O–H groups in total. The SMILES string of the molecule is Cc1ccc(F)c(-c2n[nH]c(C(C)C)n2)c1F. The van der Waals surface area contributed by atoms with Crippen molar-refractivity contribution in [2.45, 2.75) is 26.7 Å². The van der Waals surface area contributed by atoms with Gasteiger partial charge in [0.25, 0.3) is 0 Å². The number of halogens is 2. The third-order valence-electron chi connectivity index (χ3n) is 2.56. The summed E-state index contributed by atoms with van der Waals surface area (Å²) < 4.78 is 27.4. The first-order valence-corrected chi connectivity index (χ1v) is 5.38. The van der Waals surface area contributed by atoms with E-state index in [9.17, 15) is 8.78 Å². The zero-order valence-electron chi connectivity index (χ0n) is 9.88. The van der Waals surface area contributed by atoms with Crippen LogP contribution in [0.3, 0.4) is 0 Å². The number of benzene rings is 1. The summed E-state index contributed by atoms with van der Waals surface area (Å²) in [6.07, 6.45) is 0. The molecule has 0 atom stereocenters. The first-order chi connectivity index (χ1) is 8.00. The molecule has 0 bridgehead atoms. The topological polar surface area (TPSA) is 41.6 Å². The van der Waals surface area contributed by atoms with Gasteiger partial charge in [-0.05, 0) is 18.6 Å². The van der Waals surface area contributed by atoms with Crippen molar-refractivity contribution in [1.82, 2.24) is 15.2 Å². The molecule has 0 spiro atoms. The number of hydrogen-bond donors (Lipinski definition) is 1. The Morgan fingerprint density at radius 2 is 1.94 bits per heavy atom. The summed E-state index contributed by atoms with van der Waals surface area (Å²) in [6, 6.07) is 2.61. The van der Waals surface area contributed by atoms with E-state index in [4.69, 9.17) is 0 Å². The van der Waals surface area contributed by atoms with Crippen LogP contribution in [0.4, 0.5) is 8.78 Å². The fourth-order valence-corrected chi connectivity index (χ4v) is 1.51. The minimum absolute atomic E-state index is 0.0624. The summed E-state index contributed by atoms with van der Waals surface area (Å²) in [6.45, 7) is 5.43. The van der Waals surface area contributed by atoms with Crippen LogP contribution in [0.1, 0.15) is 31.2 Å². The third kappa shape index (κ3) is 2.05. The van der Waals surface area contributed by atoms with Crippen LogP contribution in [0.15, 0.2) is 12.1 Å². The molecule has 3 nitrogen and oxygen atoms in total. The predicted octanol–water partition coefficient (Wildman–Crippen LogP) is 3.18. The molecule has 0 fully saturated rings. The smallest absolute Gasteiger partial charge is 0.187 e. The van der Waals surface area contributed by atoms with E-state index in [1.165, 1.54) is 12.1 Å². The summed E-state index contributed by atoms with van der Waals surface area (Å²) in [5.41, 5.74) is 0.199. The first kappa shape index (κ1) is 11.7. The van der Waals surface area contributed by atoms with Gasteiger partial charge >= 0.3 is 0 Å². The molecule has 0 saturated heterocycles. The Labute approximate surface area is 97.9 Å². The van der Waals surface area contributed by atoms with Crippen molar-refractivity contribution < 1.29 is 8.78 Å². The van der Waals surface area contributed by atoms with Crippen LogP contribution in [0.5, 0.6) is 0 Å². The molecule has 1 aromatic heterocycles. The number of nitrogens with one attached hydrogen (secondary N) is 1. The second-order valence-electron chi connectivity index (χ2n) is 4.25. The van der Waals surface area contributed by atoms with Gasteiger partial charge in [0.15, 0.2) is 5.82 Å². The highest BCUT2D eigenvalue weighted by Crippen LogP contribution is 2.25. The van der Waals surface area contributed by atoms with Gasteiger partial charge in [0.2, 0.25) is 0 Å². The average molecular weight is 237 g/mol. The van der Waals surface area contributed by atoms with Crippen LogP contribution in [0.2, 0.25) is 0 Å². The van der Waals surface area contributed by atoms with Crippen molar-refractivity contribution in [1.29, 1.82) is 0 Å². The first-order valence-electron chi connectivity index (χ1n) is 5.38. The molecular weight excluding hydrogens is 224 g/mol. The Bertz CT molecular complexity index is 547. The molecule has 1 aromatic carbocycles. The Hall–Kier alpha value is -1.78. The molecule has 90 valence electrons. The van der Waals surface area contributed by atoms with E-state index < -0.39 is 11.6 Å². The van der Waals surface area contributed by atoms with Crippen LogP contribution in [-0.2, 0) is 0 Å². The van der Waals surface area contributed by atoms with Gasteiger partial charge in [0, 0.05) is 5.92 Å². The lowest BCUT2D eigenvalue weighted by Gasteiger charge is -2.03. The van der Waals surface area contributed by atoms with Gasteiger partial charge in [0.1, 0.15) is 17.5 Å². The van der Waals surface area contributed by atoms with E-state index in [0.29, 0.717) is 11.4 Å². The van der Waals surface area contributed by atoms with E-state index in [1.54, 1.807) is 6.92 Å². The van der Waals surface area contributed by atoms with Gasteiger partial charge in [-0.1, -0.05) is 19.9 Å². The van der Waals surface area contributed by atoms with Crippen LogP contribution >= 0.6 is 0 Å². The van der Waals surface area contributed by atoms with Crippen LogP contribution < -0.4 is 0 Å². The van der Waals surface area contributed by atoms with Gasteiger partial charge in [-0.15, -0.1) is 0 Å². The predicted molar refractivity (Wildman–Crippen MR) is 60.6 cm³/mol. The van der Waals surface area contributed by atoms with Crippen LogP contribution in [-0.4, -0.2) is 15.2 Å². The van der Waals surface area contributed by atoms with Crippen LogP contribution in [0.25, 0.3) is 11.4 Å². The lowest BCUT2D eigenvalue weighted by atomic mass is 10.1. The van der Waals surface area contributed by atoms with Gasteiger partial charge in [-0.2, -0.15) is 5.10 Å². The van der Waals surface area contributed by atoms with Crippen LogP contribution in [0, 0.1) is 18.6 Å². The maximum absolute atomic E-state index is 13.8. The zero-order chi connectivity index (χ0) is 12.6. The average Bonchev–Trinajstić information content (AvgIpc) is 2.73. The van der Waals surface area contributed by atoms with Crippen molar-refractivity contribution in [3.63, 3.8) is 0 Å². The molecule has 0 aliphatic heterocycles. The fraction of sp³-hybridized carbons (Fsp3) is 0.333. The molecule has 2 rings (SSSR count). The number of aromatic amines is 1. The fourth-order valence-electron chi connectivity index (χ4n) is 1.51. The number of rotatable bonds is 2. The Morgan fingerprint density at radius 1 is 1.24 bits per heavy atom. The molecule has 5 heteroatoms. The van der Waals surface area contributed by atoms with Crippen molar-refractivity contribution in [3.8, 4) is 11.4 Å². The van der Waals surface area contributed by atoms with E-state index in [-0.39, 0.29) is 17.3 Å². The van der Waals surface area contributed by atoms with Crippen molar-refractivity contribution in [2.75, 3.05) is 0 Å². The molecule has 0 saturated carbocycles. The van der Waals surface area contributed by atoms with Gasteiger partial charge in [0.05, 0.1) is 5.56 Å². The molecule has 0 unspecified atom stereocenters. The number of H-pyrrole nitrogens is 1. The van der Waals surface area contributed by atoms with Gasteiger partial charge < -0.3 is 0 Å². The highest BCUT2D eigenvalue weighted by Gasteiger charge is 2.18. The van der Waals surface area contributed by atoms with Crippen molar-refractivity contribution in [2.24, 2.45) is 0 Å². The molecule has 1 heterocycles. The second kappa shape index (κ2) is 4.24. The normalized spacial score (nSPS) is 11.2. The van der Waals surface area contributed by atoms with E-state index in [2.05, 4.69) is 15.2 Å². The zero-order valence-corrected chi connectivity index (χ0v) is 9.88. The molecule has 2 aromatic rings. The summed E-state index contributed by atoms with van der Waals surface area (Å²) in [5, 5.41) is 6.54. The molecule has 0 radical (unpaired) electrons. The maximum Gasteiger partial charge on any atom is 0.187 e. The standard InChI is InChI=1S/C12H13F2N3/c1-6(2)11-15-12(17-16-11)9-8(13)5-4-7(3)10(9)14/h4-6H,1-3H3,(H,15,16,17). The molecule has 0 amide bonds. The van der Waals surface area contributed by atoms with Gasteiger partial charge in [-0.25, -0.2) is 13.8 Å². The van der Waals surface area contributed by atoms with Gasteiger partial charge in [-0.3, -0.25) is 5.10 Å². The van der Waals surface area contributed by atoms with Crippen molar-refractivity contribution >= 4 is 0 Å². The summed E-state index contributed by atoms with van der Waals surface area (Å²) >= 11 is 0. The Morgan fingerprint density at radius 3 is 2.53 bits per heavy atom. The largest absolute Gasteiger partial charge is 0.262 e. The summed E-state index contributed by atoms with van der Waals surface area (Å²) in [7, 11) is 0. The number of aromatic nitrogens is 3. The van der Waals surface area contributed by atoms with E-state index >= 15 is 0 Å². The molecule has 0 aliphatic carbocycles. The van der Waals surface area contributed by atoms with Crippen molar-refractivity contribution in [3.05, 3.63) is 35.2 Å². The summed E-state index contributed by atoms with van der Waals surface area (Å²) in [5.74, 6) is -0.457. The highest BCUT2D eigenvalue weighted by molar-refractivity contribution is 5.58. The van der Waals surface area contributed by atoms with E-state index in [1.807, 2.05) is 13.8 Å². The lowest BCUT2D eigenvalue weighted by Crippen LogP contribution is -1.95. The quantitative estimate of drug-likeness (QED) is 0.871. The molecular formula is C12H13F2N3. The molecule has 17 heavy (non-hydrogen) atoms. The monoisotopic (exact) mass is 237 g/mol. The van der Waals surface area contributed by atoms with E-state index in [0.717, 1.165) is 0 Å². The number of aryl methyl sites for hydroxylation is 1. The maximum atomic E-state index is 13.8. The Kier molecular flexibility index (Phi) is 2.92. The lowest BCUT2D eigenvalue weighted by molar-refractivity contribution is 0.581. The number of nitrogens with zero attached hydrogens (tertiary/aromatic N) is 2.